The number of aromatic nitrogens is 2. The van der Waals surface area contributed by atoms with Gasteiger partial charge in [-0.2, -0.15) is 0 Å². The number of aromatic amines is 1. The molecule has 0 radical (unpaired) electrons. The predicted octanol–water partition coefficient (Wildman–Crippen LogP) is 1.35. The van der Waals surface area contributed by atoms with Crippen LogP contribution in [0.1, 0.15) is 26.7 Å². The first-order chi connectivity index (χ1) is 7.52. The molecular weight excluding hydrogens is 228 g/mol. The third-order valence-corrected chi connectivity index (χ3v) is 3.04. The van der Waals surface area contributed by atoms with Gasteiger partial charge in [-0.1, -0.05) is 18.5 Å². The average Bonchev–Trinajstić information content (AvgIpc) is 2.25. The van der Waals surface area contributed by atoms with E-state index in [1.807, 2.05) is 13.8 Å². The maximum Gasteiger partial charge on any atom is 0.271 e. The van der Waals surface area contributed by atoms with Gasteiger partial charge in [0.15, 0.2) is 5.82 Å². The molecule has 6 heteroatoms. The molecule has 1 aromatic rings. The first kappa shape index (κ1) is 13.0. The largest absolute Gasteiger partial charge is 0.363 e. The molecule has 0 aliphatic heterocycles. The second-order valence-corrected chi connectivity index (χ2v) is 4.35. The van der Waals surface area contributed by atoms with Crippen molar-refractivity contribution in [3.8, 4) is 0 Å². The normalized spacial score (nSPS) is 14.5. The van der Waals surface area contributed by atoms with Gasteiger partial charge in [0.1, 0.15) is 5.02 Å². The molecule has 0 saturated heterocycles. The first-order valence-electron chi connectivity index (χ1n) is 5.24. The van der Waals surface area contributed by atoms with E-state index in [2.05, 4.69) is 15.3 Å². The van der Waals surface area contributed by atoms with Crippen LogP contribution in [0, 0.1) is 0 Å². The fraction of sp³-hybridized carbons (Fsp3) is 0.600. The molecule has 0 spiro atoms. The summed E-state index contributed by atoms with van der Waals surface area (Å²) in [6.45, 7) is 4.64. The lowest BCUT2D eigenvalue weighted by Crippen LogP contribution is -2.37. The number of rotatable bonds is 5. The van der Waals surface area contributed by atoms with Gasteiger partial charge in [-0.25, -0.2) is 4.98 Å². The number of H-pyrrole nitrogens is 1. The van der Waals surface area contributed by atoms with Crippen molar-refractivity contribution in [3.05, 3.63) is 21.7 Å². The lowest BCUT2D eigenvalue weighted by Gasteiger charge is -2.29. The Morgan fingerprint density at radius 3 is 2.94 bits per heavy atom. The van der Waals surface area contributed by atoms with Crippen LogP contribution in [-0.4, -0.2) is 22.1 Å². The summed E-state index contributed by atoms with van der Waals surface area (Å²) in [7, 11) is 0. The van der Waals surface area contributed by atoms with E-state index in [-0.39, 0.29) is 16.1 Å². The summed E-state index contributed by atoms with van der Waals surface area (Å²) in [5, 5.41) is 3.25. The molecule has 1 heterocycles. The molecular formula is C10H17ClN4O. The highest BCUT2D eigenvalue weighted by atomic mass is 35.5. The topological polar surface area (TPSA) is 83.8 Å². The van der Waals surface area contributed by atoms with Crippen LogP contribution < -0.4 is 16.6 Å². The lowest BCUT2D eigenvalue weighted by atomic mass is 9.94. The van der Waals surface area contributed by atoms with Crippen LogP contribution in [0.25, 0.3) is 0 Å². The van der Waals surface area contributed by atoms with Gasteiger partial charge in [0.05, 0.1) is 6.33 Å². The molecule has 1 atom stereocenters. The van der Waals surface area contributed by atoms with Crippen molar-refractivity contribution in [3.63, 3.8) is 0 Å². The van der Waals surface area contributed by atoms with Crippen molar-refractivity contribution in [1.29, 1.82) is 0 Å². The van der Waals surface area contributed by atoms with Gasteiger partial charge in [-0.05, 0) is 26.3 Å². The Kier molecular flexibility index (Phi) is 4.32. The standard InChI is InChI=1S/C10H17ClN4O/c1-3-10(2,4-5-12)15-8-7(11)9(16)14-6-13-8/h6H,3-5,12H2,1-2H3,(H2,13,14,15,16). The van der Waals surface area contributed by atoms with Crippen LogP contribution in [0.2, 0.25) is 5.02 Å². The van der Waals surface area contributed by atoms with Crippen molar-refractivity contribution in [2.75, 3.05) is 11.9 Å². The van der Waals surface area contributed by atoms with Gasteiger partial charge in [0.2, 0.25) is 0 Å². The van der Waals surface area contributed by atoms with Gasteiger partial charge in [-0.15, -0.1) is 0 Å². The van der Waals surface area contributed by atoms with Crippen molar-refractivity contribution < 1.29 is 0 Å². The van der Waals surface area contributed by atoms with E-state index in [9.17, 15) is 4.79 Å². The summed E-state index contributed by atoms with van der Waals surface area (Å²) in [6.07, 6.45) is 2.98. The van der Waals surface area contributed by atoms with E-state index >= 15 is 0 Å². The van der Waals surface area contributed by atoms with E-state index in [4.69, 9.17) is 17.3 Å². The van der Waals surface area contributed by atoms with Gasteiger partial charge < -0.3 is 16.0 Å². The minimum absolute atomic E-state index is 0.0826. The summed E-state index contributed by atoms with van der Waals surface area (Å²) >= 11 is 5.86. The molecule has 16 heavy (non-hydrogen) atoms. The molecule has 0 aliphatic rings. The zero-order valence-electron chi connectivity index (χ0n) is 9.51. The van der Waals surface area contributed by atoms with Crippen molar-refractivity contribution >= 4 is 17.4 Å². The highest BCUT2D eigenvalue weighted by Gasteiger charge is 2.22. The zero-order valence-corrected chi connectivity index (χ0v) is 10.3. The Morgan fingerprint density at radius 1 is 1.69 bits per heavy atom. The SMILES string of the molecule is CCC(C)(CCN)Nc1nc[nH]c(=O)c1Cl. The van der Waals surface area contributed by atoms with Crippen LogP contribution in [0.5, 0.6) is 0 Å². The molecule has 0 bridgehead atoms. The second-order valence-electron chi connectivity index (χ2n) is 3.97. The summed E-state index contributed by atoms with van der Waals surface area (Å²) in [5.41, 5.74) is 5.01. The number of hydrogen-bond acceptors (Lipinski definition) is 4. The second kappa shape index (κ2) is 5.32. The Labute approximate surface area is 99.4 Å². The highest BCUT2D eigenvalue weighted by molar-refractivity contribution is 6.32. The highest BCUT2D eigenvalue weighted by Crippen LogP contribution is 2.22. The number of nitrogens with two attached hydrogens (primary N) is 1. The number of nitrogens with zero attached hydrogens (tertiary/aromatic N) is 1. The molecule has 1 aromatic heterocycles. The van der Waals surface area contributed by atoms with Crippen LogP contribution in [0.4, 0.5) is 5.82 Å². The van der Waals surface area contributed by atoms with Crippen LogP contribution in [0.3, 0.4) is 0 Å². The van der Waals surface area contributed by atoms with Gasteiger partial charge in [0.25, 0.3) is 5.56 Å². The summed E-state index contributed by atoms with van der Waals surface area (Å²) < 4.78 is 0. The summed E-state index contributed by atoms with van der Waals surface area (Å²) in [4.78, 5) is 17.7. The summed E-state index contributed by atoms with van der Waals surface area (Å²) in [5.74, 6) is 0.406. The Balaban J connectivity index is 2.94. The predicted molar refractivity (Wildman–Crippen MR) is 65.9 cm³/mol. The quantitative estimate of drug-likeness (QED) is 0.730. The van der Waals surface area contributed by atoms with Gasteiger partial charge in [-0.3, -0.25) is 4.79 Å². The maximum absolute atomic E-state index is 11.3. The Bertz CT molecular complexity index is 406. The smallest absolute Gasteiger partial charge is 0.271 e. The molecule has 0 fully saturated rings. The third-order valence-electron chi connectivity index (χ3n) is 2.69. The zero-order chi connectivity index (χ0) is 12.2. The molecule has 0 amide bonds. The van der Waals surface area contributed by atoms with E-state index in [1.54, 1.807) is 0 Å². The molecule has 5 nitrogen and oxygen atoms in total. The van der Waals surface area contributed by atoms with Crippen LogP contribution >= 0.6 is 11.6 Å². The van der Waals surface area contributed by atoms with Crippen LogP contribution in [-0.2, 0) is 0 Å². The monoisotopic (exact) mass is 244 g/mol. The lowest BCUT2D eigenvalue weighted by molar-refractivity contribution is 0.462. The fourth-order valence-electron chi connectivity index (χ4n) is 1.40. The van der Waals surface area contributed by atoms with Crippen molar-refractivity contribution in [1.82, 2.24) is 9.97 Å². The molecule has 90 valence electrons. The summed E-state index contributed by atoms with van der Waals surface area (Å²) in [6, 6.07) is 0. The third kappa shape index (κ3) is 2.96. The number of halogens is 1. The van der Waals surface area contributed by atoms with Gasteiger partial charge >= 0.3 is 0 Å². The van der Waals surface area contributed by atoms with Crippen molar-refractivity contribution in [2.45, 2.75) is 32.2 Å². The number of nitrogens with one attached hydrogen (secondary N) is 2. The minimum atomic E-state index is -0.342. The van der Waals surface area contributed by atoms with E-state index < -0.39 is 0 Å². The molecule has 0 aromatic carbocycles. The molecule has 0 aliphatic carbocycles. The minimum Gasteiger partial charge on any atom is -0.363 e. The van der Waals surface area contributed by atoms with E-state index in [1.165, 1.54) is 6.33 Å². The Hall–Kier alpha value is -1.07. The maximum atomic E-state index is 11.3. The van der Waals surface area contributed by atoms with E-state index in [0.29, 0.717) is 12.4 Å². The first-order valence-corrected chi connectivity index (χ1v) is 5.61. The number of hydrogen-bond donors (Lipinski definition) is 3. The van der Waals surface area contributed by atoms with Crippen LogP contribution in [0.15, 0.2) is 11.1 Å². The molecule has 0 saturated carbocycles. The fourth-order valence-corrected chi connectivity index (χ4v) is 1.55. The molecule has 4 N–H and O–H groups in total. The average molecular weight is 245 g/mol. The van der Waals surface area contributed by atoms with E-state index in [0.717, 1.165) is 12.8 Å². The van der Waals surface area contributed by atoms with Crippen molar-refractivity contribution in [2.24, 2.45) is 5.73 Å². The number of anilines is 1. The molecule has 1 unspecified atom stereocenters. The Morgan fingerprint density at radius 2 is 2.38 bits per heavy atom. The van der Waals surface area contributed by atoms with Gasteiger partial charge in [0, 0.05) is 5.54 Å². The molecule has 1 rings (SSSR count).